The van der Waals surface area contributed by atoms with E-state index in [1.807, 2.05) is 24.3 Å². The summed E-state index contributed by atoms with van der Waals surface area (Å²) in [5, 5.41) is 11.5. The monoisotopic (exact) mass is 340 g/mol. The summed E-state index contributed by atoms with van der Waals surface area (Å²) in [7, 11) is 0. The van der Waals surface area contributed by atoms with Gasteiger partial charge in [0.05, 0.1) is 12.4 Å². The van der Waals surface area contributed by atoms with Gasteiger partial charge in [-0.3, -0.25) is 4.79 Å². The average molecular weight is 340 g/mol. The Hall–Kier alpha value is -2.80. The molecule has 25 heavy (non-hydrogen) atoms. The average Bonchev–Trinajstić information content (AvgIpc) is 3.15. The first-order chi connectivity index (χ1) is 12.1. The van der Waals surface area contributed by atoms with Crippen LogP contribution >= 0.6 is 0 Å². The number of likely N-dealkylation sites (tertiary alicyclic amines) is 1. The molecular formula is C18H20N4O3. The number of benzene rings is 1. The van der Waals surface area contributed by atoms with Crippen LogP contribution < -0.4 is 5.32 Å². The molecule has 1 amide bonds. The van der Waals surface area contributed by atoms with Crippen LogP contribution in [0.15, 0.2) is 36.7 Å². The van der Waals surface area contributed by atoms with Crippen LogP contribution in [0.25, 0.3) is 0 Å². The molecule has 0 aliphatic carbocycles. The highest BCUT2D eigenvalue weighted by Gasteiger charge is 2.12. The number of aromatic nitrogens is 2. The number of amides is 1. The third-order valence-electron chi connectivity index (χ3n) is 4.23. The van der Waals surface area contributed by atoms with Crippen molar-refractivity contribution in [2.24, 2.45) is 0 Å². The number of carboxylic acids is 1. The van der Waals surface area contributed by atoms with Gasteiger partial charge in [0.25, 0.3) is 5.91 Å². The Labute approximate surface area is 145 Å². The summed E-state index contributed by atoms with van der Waals surface area (Å²) in [5.74, 6) is -1.60. The molecule has 130 valence electrons. The lowest BCUT2D eigenvalue weighted by atomic mass is 10.1. The van der Waals surface area contributed by atoms with Gasteiger partial charge < -0.3 is 15.3 Å². The van der Waals surface area contributed by atoms with E-state index in [1.54, 1.807) is 0 Å². The van der Waals surface area contributed by atoms with Crippen molar-refractivity contribution in [1.29, 1.82) is 0 Å². The van der Waals surface area contributed by atoms with Crippen LogP contribution in [0, 0.1) is 0 Å². The van der Waals surface area contributed by atoms with Crippen LogP contribution in [0.3, 0.4) is 0 Å². The molecular weight excluding hydrogens is 320 g/mol. The summed E-state index contributed by atoms with van der Waals surface area (Å²) >= 11 is 0. The van der Waals surface area contributed by atoms with E-state index in [0.29, 0.717) is 5.69 Å². The van der Waals surface area contributed by atoms with Crippen molar-refractivity contribution in [3.8, 4) is 0 Å². The molecule has 0 spiro atoms. The zero-order valence-electron chi connectivity index (χ0n) is 13.8. The van der Waals surface area contributed by atoms with Gasteiger partial charge in [-0.05, 0) is 50.0 Å². The molecule has 1 aliphatic heterocycles. The first-order valence-electron chi connectivity index (χ1n) is 8.30. The van der Waals surface area contributed by atoms with Crippen molar-refractivity contribution in [3.05, 3.63) is 53.6 Å². The highest BCUT2D eigenvalue weighted by atomic mass is 16.4. The summed E-state index contributed by atoms with van der Waals surface area (Å²) in [6.07, 6.45) is 5.81. The largest absolute Gasteiger partial charge is 0.476 e. The maximum atomic E-state index is 12.1. The molecule has 2 N–H and O–H groups in total. The second kappa shape index (κ2) is 7.85. The zero-order valence-corrected chi connectivity index (χ0v) is 13.8. The van der Waals surface area contributed by atoms with Gasteiger partial charge in [0.15, 0.2) is 5.69 Å². The minimum atomic E-state index is -1.18. The van der Waals surface area contributed by atoms with Crippen molar-refractivity contribution >= 4 is 17.6 Å². The number of aromatic carboxylic acids is 1. The van der Waals surface area contributed by atoms with Crippen LogP contribution in [0.5, 0.6) is 0 Å². The lowest BCUT2D eigenvalue weighted by molar-refractivity contribution is 0.0689. The molecule has 7 heteroatoms. The van der Waals surface area contributed by atoms with Gasteiger partial charge in [-0.15, -0.1) is 0 Å². The lowest BCUT2D eigenvalue weighted by Gasteiger charge is -2.14. The van der Waals surface area contributed by atoms with E-state index in [9.17, 15) is 9.59 Å². The Bertz CT molecular complexity index is 738. The highest BCUT2D eigenvalue weighted by molar-refractivity contribution is 6.02. The van der Waals surface area contributed by atoms with Gasteiger partial charge in [-0.2, -0.15) is 0 Å². The minimum Gasteiger partial charge on any atom is -0.476 e. The SMILES string of the molecule is O=C(O)c1cnc(C(=O)Nc2ccc(CCN3CCCC3)cc2)cn1. The Balaban J connectivity index is 1.54. The highest BCUT2D eigenvalue weighted by Crippen LogP contribution is 2.13. The van der Waals surface area contributed by atoms with Gasteiger partial charge in [0, 0.05) is 12.2 Å². The van der Waals surface area contributed by atoms with E-state index >= 15 is 0 Å². The number of carbonyl (C=O) groups excluding carboxylic acids is 1. The van der Waals surface area contributed by atoms with Crippen LogP contribution in [0.2, 0.25) is 0 Å². The molecule has 0 unspecified atom stereocenters. The van der Waals surface area contributed by atoms with Crippen molar-refractivity contribution in [2.45, 2.75) is 19.3 Å². The van der Waals surface area contributed by atoms with Crippen LogP contribution in [0.1, 0.15) is 39.4 Å². The molecule has 7 nitrogen and oxygen atoms in total. The Morgan fingerprint density at radius 2 is 1.68 bits per heavy atom. The second-order valence-electron chi connectivity index (χ2n) is 6.04. The van der Waals surface area contributed by atoms with Gasteiger partial charge >= 0.3 is 5.97 Å². The number of anilines is 1. The van der Waals surface area contributed by atoms with Gasteiger partial charge in [-0.1, -0.05) is 12.1 Å². The molecule has 1 aliphatic rings. The van der Waals surface area contributed by atoms with E-state index in [0.717, 1.165) is 25.4 Å². The standard InChI is InChI=1S/C18H20N4O3/c23-17(15-11-20-16(12-19-15)18(24)25)21-14-5-3-13(4-6-14)7-10-22-8-1-2-9-22/h3-6,11-12H,1-2,7-10H2,(H,21,23)(H,24,25). The predicted molar refractivity (Wildman–Crippen MR) is 92.8 cm³/mol. The Morgan fingerprint density at radius 1 is 1.04 bits per heavy atom. The van der Waals surface area contributed by atoms with E-state index in [1.165, 1.54) is 31.5 Å². The molecule has 0 atom stereocenters. The smallest absolute Gasteiger partial charge is 0.356 e. The molecule has 1 aromatic heterocycles. The number of carbonyl (C=O) groups is 2. The molecule has 2 aromatic rings. The summed E-state index contributed by atoms with van der Waals surface area (Å²) in [4.78, 5) is 32.8. The van der Waals surface area contributed by atoms with Crippen molar-refractivity contribution in [3.63, 3.8) is 0 Å². The fourth-order valence-electron chi connectivity index (χ4n) is 2.80. The van der Waals surface area contributed by atoms with Crippen LogP contribution in [-0.4, -0.2) is 51.5 Å². The number of rotatable bonds is 6. The molecule has 0 bridgehead atoms. The van der Waals surface area contributed by atoms with Crippen molar-refractivity contribution in [1.82, 2.24) is 14.9 Å². The number of nitrogens with one attached hydrogen (secondary N) is 1. The fourth-order valence-corrected chi connectivity index (χ4v) is 2.80. The number of hydrogen-bond acceptors (Lipinski definition) is 5. The lowest BCUT2D eigenvalue weighted by Crippen LogP contribution is -2.21. The molecule has 0 radical (unpaired) electrons. The van der Waals surface area contributed by atoms with Gasteiger partial charge in [0.2, 0.25) is 0 Å². The molecule has 3 rings (SSSR count). The molecule has 1 fully saturated rings. The van der Waals surface area contributed by atoms with E-state index in [4.69, 9.17) is 5.11 Å². The third-order valence-corrected chi connectivity index (χ3v) is 4.23. The Kier molecular flexibility index (Phi) is 5.35. The quantitative estimate of drug-likeness (QED) is 0.836. The Morgan fingerprint density at radius 3 is 2.28 bits per heavy atom. The maximum Gasteiger partial charge on any atom is 0.356 e. The summed E-state index contributed by atoms with van der Waals surface area (Å²) in [6.45, 7) is 3.45. The second-order valence-corrected chi connectivity index (χ2v) is 6.04. The predicted octanol–water partition coefficient (Wildman–Crippen LogP) is 2.07. The van der Waals surface area contributed by atoms with E-state index in [-0.39, 0.29) is 11.4 Å². The number of nitrogens with zero attached hydrogens (tertiary/aromatic N) is 3. The van der Waals surface area contributed by atoms with Gasteiger partial charge in [0.1, 0.15) is 5.69 Å². The van der Waals surface area contributed by atoms with E-state index < -0.39 is 11.9 Å². The third kappa shape index (κ3) is 4.60. The first-order valence-corrected chi connectivity index (χ1v) is 8.30. The topological polar surface area (TPSA) is 95.4 Å². The fraction of sp³-hybridized carbons (Fsp3) is 0.333. The summed E-state index contributed by atoms with van der Waals surface area (Å²) in [6, 6.07) is 7.72. The zero-order chi connectivity index (χ0) is 17.6. The van der Waals surface area contributed by atoms with E-state index in [2.05, 4.69) is 20.2 Å². The minimum absolute atomic E-state index is 0.0723. The van der Waals surface area contributed by atoms with Crippen molar-refractivity contribution < 1.29 is 14.7 Å². The molecule has 1 saturated heterocycles. The first kappa shape index (κ1) is 17.0. The summed E-state index contributed by atoms with van der Waals surface area (Å²) < 4.78 is 0. The number of hydrogen-bond donors (Lipinski definition) is 2. The van der Waals surface area contributed by atoms with Crippen LogP contribution in [-0.2, 0) is 6.42 Å². The molecule has 1 aromatic carbocycles. The van der Waals surface area contributed by atoms with Crippen molar-refractivity contribution in [2.75, 3.05) is 25.0 Å². The molecule has 0 saturated carbocycles. The summed E-state index contributed by atoms with van der Waals surface area (Å²) in [5.41, 5.74) is 1.77. The van der Waals surface area contributed by atoms with Gasteiger partial charge in [-0.25, -0.2) is 14.8 Å². The number of carboxylic acid groups (broad SMARTS) is 1. The normalized spacial score (nSPS) is 14.4. The maximum absolute atomic E-state index is 12.1. The van der Waals surface area contributed by atoms with Crippen LogP contribution in [0.4, 0.5) is 5.69 Å². The molecule has 2 heterocycles.